The number of benzene rings is 1. The smallest absolute Gasteiger partial charge is 0.289 e. The summed E-state index contributed by atoms with van der Waals surface area (Å²) in [5.41, 5.74) is 0.630. The van der Waals surface area contributed by atoms with Gasteiger partial charge in [-0.3, -0.25) is 9.59 Å². The number of carbonyl (C=O) groups excluding carboxylic acids is 2. The van der Waals surface area contributed by atoms with E-state index in [0.29, 0.717) is 48.2 Å². The molecule has 0 radical (unpaired) electrons. The number of nitrogens with one attached hydrogen (secondary N) is 1. The number of hydrogen-bond acceptors (Lipinski definition) is 4. The van der Waals surface area contributed by atoms with Crippen molar-refractivity contribution in [2.45, 2.75) is 12.8 Å². The van der Waals surface area contributed by atoms with Gasteiger partial charge in [-0.25, -0.2) is 0 Å². The van der Waals surface area contributed by atoms with E-state index in [-0.39, 0.29) is 17.7 Å². The van der Waals surface area contributed by atoms with Gasteiger partial charge in [-0.15, -0.1) is 0 Å². The highest BCUT2D eigenvalue weighted by atomic mass is 35.5. The van der Waals surface area contributed by atoms with Crippen LogP contribution in [0.1, 0.15) is 23.4 Å². The first-order valence-corrected chi connectivity index (χ1v) is 8.43. The summed E-state index contributed by atoms with van der Waals surface area (Å²) in [6.45, 7) is 1.06. The first kappa shape index (κ1) is 17.4. The van der Waals surface area contributed by atoms with Crippen LogP contribution in [0.15, 0.2) is 41.0 Å². The van der Waals surface area contributed by atoms with Crippen LogP contribution in [0.4, 0.5) is 5.69 Å². The van der Waals surface area contributed by atoms with Crippen LogP contribution in [0, 0.1) is 5.92 Å². The maximum atomic E-state index is 12.4. The fourth-order valence-electron chi connectivity index (χ4n) is 2.89. The molecule has 1 aliphatic rings. The fraction of sp³-hybridized carbons (Fsp3) is 0.333. The van der Waals surface area contributed by atoms with Gasteiger partial charge in [0.2, 0.25) is 5.91 Å². The van der Waals surface area contributed by atoms with Crippen molar-refractivity contribution in [1.82, 2.24) is 4.90 Å². The number of nitrogens with zero attached hydrogens (tertiary/aromatic N) is 1. The van der Waals surface area contributed by atoms with Gasteiger partial charge in [0, 0.05) is 24.7 Å². The Balaban J connectivity index is 1.55. The van der Waals surface area contributed by atoms with Gasteiger partial charge in [-0.05, 0) is 43.2 Å². The normalized spacial score (nSPS) is 15.0. The number of anilines is 1. The molecule has 1 saturated heterocycles. The molecule has 6 nitrogen and oxygen atoms in total. The number of methoxy groups -OCH3 is 1. The maximum absolute atomic E-state index is 12.4. The molecule has 1 fully saturated rings. The zero-order chi connectivity index (χ0) is 17.8. The van der Waals surface area contributed by atoms with Crippen molar-refractivity contribution in [3.05, 3.63) is 47.4 Å². The Labute approximate surface area is 150 Å². The molecule has 0 aliphatic carbocycles. The summed E-state index contributed by atoms with van der Waals surface area (Å²) in [6.07, 6.45) is 2.71. The Hall–Kier alpha value is -2.47. The van der Waals surface area contributed by atoms with Crippen molar-refractivity contribution in [3.8, 4) is 5.75 Å². The zero-order valence-corrected chi connectivity index (χ0v) is 14.6. The average molecular weight is 363 g/mol. The Morgan fingerprint density at radius 1 is 1.28 bits per heavy atom. The highest BCUT2D eigenvalue weighted by Crippen LogP contribution is 2.28. The summed E-state index contributed by atoms with van der Waals surface area (Å²) >= 11 is 6.07. The van der Waals surface area contributed by atoms with Crippen LogP contribution in [0.25, 0.3) is 0 Å². The predicted octanol–water partition coefficient (Wildman–Crippen LogP) is 3.43. The van der Waals surface area contributed by atoms with Gasteiger partial charge in [0.05, 0.1) is 18.4 Å². The molecule has 1 aromatic carbocycles. The minimum atomic E-state index is -0.137. The van der Waals surface area contributed by atoms with Crippen LogP contribution in [0.3, 0.4) is 0 Å². The summed E-state index contributed by atoms with van der Waals surface area (Å²) in [5.74, 6) is 0.554. The molecule has 0 unspecified atom stereocenters. The average Bonchev–Trinajstić information content (AvgIpc) is 3.16. The van der Waals surface area contributed by atoms with Crippen LogP contribution >= 0.6 is 11.6 Å². The molecular weight excluding hydrogens is 344 g/mol. The van der Waals surface area contributed by atoms with Crippen LogP contribution in [0.5, 0.6) is 5.75 Å². The van der Waals surface area contributed by atoms with E-state index < -0.39 is 0 Å². The second kappa shape index (κ2) is 7.61. The van der Waals surface area contributed by atoms with Gasteiger partial charge in [0.1, 0.15) is 5.75 Å². The molecule has 1 aliphatic heterocycles. The molecule has 3 rings (SSSR count). The summed E-state index contributed by atoms with van der Waals surface area (Å²) in [6, 6.07) is 8.45. The van der Waals surface area contributed by atoms with Crippen molar-refractivity contribution in [2.24, 2.45) is 5.92 Å². The van der Waals surface area contributed by atoms with Crippen LogP contribution in [-0.2, 0) is 4.79 Å². The number of amides is 2. The molecule has 1 aromatic heterocycles. The molecule has 0 spiro atoms. The first-order chi connectivity index (χ1) is 12.1. The van der Waals surface area contributed by atoms with Gasteiger partial charge in [-0.1, -0.05) is 11.6 Å². The molecule has 0 bridgehead atoms. The monoisotopic (exact) mass is 362 g/mol. The number of rotatable bonds is 4. The number of furan rings is 1. The molecule has 2 heterocycles. The van der Waals surface area contributed by atoms with E-state index in [1.54, 1.807) is 35.2 Å². The third-order valence-electron chi connectivity index (χ3n) is 4.30. The second-order valence-electron chi connectivity index (χ2n) is 5.88. The van der Waals surface area contributed by atoms with Gasteiger partial charge in [-0.2, -0.15) is 0 Å². The van der Waals surface area contributed by atoms with E-state index in [1.165, 1.54) is 13.4 Å². The van der Waals surface area contributed by atoms with Gasteiger partial charge < -0.3 is 19.4 Å². The fourth-order valence-corrected chi connectivity index (χ4v) is 3.15. The Morgan fingerprint density at radius 2 is 2.04 bits per heavy atom. The van der Waals surface area contributed by atoms with E-state index in [0.717, 1.165) is 0 Å². The molecule has 1 N–H and O–H groups in total. The lowest BCUT2D eigenvalue weighted by atomic mass is 9.95. The lowest BCUT2D eigenvalue weighted by Gasteiger charge is -2.30. The molecule has 0 atom stereocenters. The van der Waals surface area contributed by atoms with Gasteiger partial charge in [0.25, 0.3) is 5.91 Å². The van der Waals surface area contributed by atoms with Crippen molar-refractivity contribution in [2.75, 3.05) is 25.5 Å². The lowest BCUT2D eigenvalue weighted by molar-refractivity contribution is -0.121. The zero-order valence-electron chi connectivity index (χ0n) is 13.8. The van der Waals surface area contributed by atoms with Crippen LogP contribution in [-0.4, -0.2) is 36.9 Å². The Kier molecular flexibility index (Phi) is 5.28. The van der Waals surface area contributed by atoms with E-state index >= 15 is 0 Å². The third-order valence-corrected chi connectivity index (χ3v) is 4.60. The maximum Gasteiger partial charge on any atom is 0.289 e. The number of ether oxygens (including phenoxy) is 1. The van der Waals surface area contributed by atoms with E-state index in [4.69, 9.17) is 20.8 Å². The molecule has 2 amide bonds. The standard InChI is InChI=1S/C18H19ClN2O4/c1-24-15-5-4-13(11-14(15)19)20-17(22)12-6-8-21(9-7-12)18(23)16-3-2-10-25-16/h2-5,10-12H,6-9H2,1H3,(H,20,22). The van der Waals surface area contributed by atoms with E-state index in [1.807, 2.05) is 0 Å². The SMILES string of the molecule is COc1ccc(NC(=O)C2CCN(C(=O)c3ccco3)CC2)cc1Cl. The van der Waals surface area contributed by atoms with Crippen molar-refractivity contribution in [1.29, 1.82) is 0 Å². The minimum absolute atomic E-state index is 0.0636. The van der Waals surface area contributed by atoms with Crippen molar-refractivity contribution in [3.63, 3.8) is 0 Å². The Bertz CT molecular complexity index is 752. The van der Waals surface area contributed by atoms with Crippen molar-refractivity contribution < 1.29 is 18.7 Å². The molecule has 132 valence electrons. The van der Waals surface area contributed by atoms with E-state index in [2.05, 4.69) is 5.32 Å². The number of piperidine rings is 1. The molecular formula is C18H19ClN2O4. The molecule has 25 heavy (non-hydrogen) atoms. The van der Waals surface area contributed by atoms with Crippen LogP contribution < -0.4 is 10.1 Å². The number of likely N-dealkylation sites (tertiary alicyclic amines) is 1. The summed E-state index contributed by atoms with van der Waals surface area (Å²) in [7, 11) is 1.54. The highest BCUT2D eigenvalue weighted by molar-refractivity contribution is 6.32. The van der Waals surface area contributed by atoms with E-state index in [9.17, 15) is 9.59 Å². The second-order valence-corrected chi connectivity index (χ2v) is 6.29. The largest absolute Gasteiger partial charge is 0.495 e. The highest BCUT2D eigenvalue weighted by Gasteiger charge is 2.28. The third kappa shape index (κ3) is 3.96. The first-order valence-electron chi connectivity index (χ1n) is 8.05. The summed E-state index contributed by atoms with van der Waals surface area (Å²) in [4.78, 5) is 26.4. The Morgan fingerprint density at radius 3 is 2.64 bits per heavy atom. The number of carbonyl (C=O) groups is 2. The lowest BCUT2D eigenvalue weighted by Crippen LogP contribution is -2.41. The van der Waals surface area contributed by atoms with Crippen molar-refractivity contribution >= 4 is 29.1 Å². The molecule has 2 aromatic rings. The predicted molar refractivity (Wildman–Crippen MR) is 94.0 cm³/mol. The quantitative estimate of drug-likeness (QED) is 0.904. The topological polar surface area (TPSA) is 71.8 Å². The minimum Gasteiger partial charge on any atom is -0.495 e. The summed E-state index contributed by atoms with van der Waals surface area (Å²) in [5, 5.41) is 3.32. The summed E-state index contributed by atoms with van der Waals surface area (Å²) < 4.78 is 10.2. The van der Waals surface area contributed by atoms with Gasteiger partial charge >= 0.3 is 0 Å². The van der Waals surface area contributed by atoms with Crippen LogP contribution in [0.2, 0.25) is 5.02 Å². The molecule has 0 saturated carbocycles. The number of hydrogen-bond donors (Lipinski definition) is 1. The molecule has 7 heteroatoms. The number of halogens is 1. The van der Waals surface area contributed by atoms with Gasteiger partial charge in [0.15, 0.2) is 5.76 Å².